The monoisotopic (exact) mass is 933 g/mol. The zero-order chi connectivity index (χ0) is 50.1. The molecule has 4 atom stereocenters. The van der Waals surface area contributed by atoms with E-state index in [9.17, 15) is 34.0 Å². The number of nitrogens with two attached hydrogens (primary N) is 2. The number of nitriles is 1. The number of ether oxygens (including phenoxy) is 2. The van der Waals surface area contributed by atoms with Gasteiger partial charge >= 0.3 is 0 Å². The van der Waals surface area contributed by atoms with Crippen molar-refractivity contribution in [3.8, 4) is 28.7 Å². The molecule has 0 fully saturated rings. The highest BCUT2D eigenvalue weighted by atomic mass is 16.5. The van der Waals surface area contributed by atoms with Gasteiger partial charge in [0, 0.05) is 50.4 Å². The lowest BCUT2D eigenvalue weighted by atomic mass is 9.86. The molecule has 0 saturated heterocycles. The van der Waals surface area contributed by atoms with E-state index in [-0.39, 0.29) is 68.8 Å². The lowest BCUT2D eigenvalue weighted by molar-refractivity contribution is -0.141. The number of hydrogen-bond acceptors (Lipinski definition) is 13. The van der Waals surface area contributed by atoms with Gasteiger partial charge in [-0.05, 0) is 79.1 Å². The summed E-state index contributed by atoms with van der Waals surface area (Å²) >= 11 is 0. The molecular weight excluding hydrogens is 871 g/mol. The van der Waals surface area contributed by atoms with E-state index in [0.717, 1.165) is 16.0 Å². The highest BCUT2D eigenvalue weighted by molar-refractivity contribution is 6.00. The lowest BCUT2D eigenvalue weighted by Gasteiger charge is -2.32. The summed E-state index contributed by atoms with van der Waals surface area (Å²) in [7, 11) is 1.38. The molecule has 1 aliphatic rings. The number of allylic oxidation sites excluding steroid dienone is 5. The molecule has 362 valence electrons. The van der Waals surface area contributed by atoms with Crippen molar-refractivity contribution in [2.24, 2.45) is 16.9 Å². The molecule has 1 aromatic heterocycles. The van der Waals surface area contributed by atoms with Gasteiger partial charge in [0.2, 0.25) is 30.0 Å². The Morgan fingerprint density at radius 3 is 2.29 bits per heavy atom. The third-order valence-electron chi connectivity index (χ3n) is 11.0. The number of fused-ring (bicyclic) bond motifs is 5. The average Bonchev–Trinajstić information content (AvgIpc) is 3.30. The second kappa shape index (κ2) is 24.9. The Morgan fingerprint density at radius 2 is 1.69 bits per heavy atom. The Kier molecular flexibility index (Phi) is 19.5. The summed E-state index contributed by atoms with van der Waals surface area (Å²) in [5.74, 6) is -2.46. The van der Waals surface area contributed by atoms with Gasteiger partial charge in [-0.1, -0.05) is 57.7 Å². The number of carbonyl (C=O) groups excluding carboxylic acids is 6. The maximum absolute atomic E-state index is 14.8. The number of aryl methyl sites for hydroxylation is 1. The molecule has 1 aliphatic heterocycles. The first-order valence-electron chi connectivity index (χ1n) is 22.2. The standard InChI is InChI=1S/C49H63N11O8/c1-9-34(49(5,6)7)13-10-29(2)43-55-27-37(30(3)56-43)45(63)58-38(16-20-53-28-61)48(66)60(8)42-33-12-15-41(68-23-19-52)36(26-33)35-24-32(11-14-40(35)67-22-18-51)25-39(46(64)54-21-17-50)59-44(62)31(4)57-47(42)65/h9-15,24,26-28,31,38-39,42H,1,16,18-23,25,51-52H2,2-8H3,(H,53,61)(H,54,64)(H,57,65)(H,58,63)(H,59,62)/b29-10+,34-13+/t31-,38-,39-,42-/m0/s1. The van der Waals surface area contributed by atoms with Crippen molar-refractivity contribution >= 4 is 41.5 Å². The van der Waals surface area contributed by atoms with Crippen molar-refractivity contribution in [2.75, 3.05) is 46.4 Å². The van der Waals surface area contributed by atoms with Crippen molar-refractivity contribution in [3.63, 3.8) is 0 Å². The molecule has 0 spiro atoms. The minimum absolute atomic E-state index is 0.0168. The predicted octanol–water partition coefficient (Wildman–Crippen LogP) is 2.31. The van der Waals surface area contributed by atoms with Gasteiger partial charge in [-0.2, -0.15) is 5.26 Å². The van der Waals surface area contributed by atoms with Crippen LogP contribution in [-0.4, -0.2) is 115 Å². The number of benzene rings is 2. The molecular formula is C49H63N11O8. The second-order valence-corrected chi connectivity index (χ2v) is 17.1. The smallest absolute Gasteiger partial charge is 0.255 e. The van der Waals surface area contributed by atoms with Crippen LogP contribution in [0.25, 0.3) is 16.7 Å². The van der Waals surface area contributed by atoms with Crippen LogP contribution in [-0.2, 0) is 30.4 Å². The Bertz CT molecular complexity index is 2460. The fourth-order valence-electron chi connectivity index (χ4n) is 7.28. The average molecular weight is 934 g/mol. The van der Waals surface area contributed by atoms with Crippen LogP contribution >= 0.6 is 0 Å². The Labute approximate surface area is 397 Å². The first-order valence-corrected chi connectivity index (χ1v) is 22.2. The van der Waals surface area contributed by atoms with Crippen LogP contribution in [0.3, 0.4) is 0 Å². The van der Waals surface area contributed by atoms with Gasteiger partial charge < -0.3 is 52.4 Å². The van der Waals surface area contributed by atoms with E-state index in [1.165, 1.54) is 20.2 Å². The zero-order valence-corrected chi connectivity index (χ0v) is 39.7. The van der Waals surface area contributed by atoms with Gasteiger partial charge in [-0.3, -0.25) is 28.8 Å². The molecule has 19 heteroatoms. The number of rotatable bonds is 19. The number of carbonyl (C=O) groups is 6. The molecule has 2 heterocycles. The van der Waals surface area contributed by atoms with Gasteiger partial charge in [0.1, 0.15) is 55.4 Å². The number of aromatic nitrogens is 2. The normalized spacial score (nSPS) is 16.9. The Hall–Kier alpha value is -7.43. The topological polar surface area (TPSA) is 286 Å². The molecule has 4 rings (SSSR count). The van der Waals surface area contributed by atoms with Crippen LogP contribution in [0.2, 0.25) is 0 Å². The summed E-state index contributed by atoms with van der Waals surface area (Å²) < 4.78 is 12.2. The van der Waals surface area contributed by atoms with Crippen molar-refractivity contribution < 1.29 is 38.2 Å². The molecule has 4 bridgehead atoms. The zero-order valence-electron chi connectivity index (χ0n) is 39.7. The van der Waals surface area contributed by atoms with E-state index in [1.807, 2.05) is 25.1 Å². The molecule has 0 radical (unpaired) electrons. The maximum atomic E-state index is 14.8. The van der Waals surface area contributed by atoms with Crippen molar-refractivity contribution in [1.82, 2.24) is 41.5 Å². The summed E-state index contributed by atoms with van der Waals surface area (Å²) in [6.07, 6.45) is 7.32. The van der Waals surface area contributed by atoms with Gasteiger partial charge in [-0.15, -0.1) is 0 Å². The molecule has 0 aliphatic carbocycles. The van der Waals surface area contributed by atoms with E-state index in [0.29, 0.717) is 46.1 Å². The minimum Gasteiger partial charge on any atom is -0.492 e. The van der Waals surface area contributed by atoms with Crippen LogP contribution in [0.15, 0.2) is 73.0 Å². The van der Waals surface area contributed by atoms with Crippen molar-refractivity contribution in [3.05, 3.63) is 101 Å². The fraction of sp³-hybridized carbons (Fsp3) is 0.408. The fourth-order valence-corrected chi connectivity index (χ4v) is 7.28. The SMILES string of the molecule is C=C/C(=C\C=C(/C)c1ncc(C(=O)N[C@@H](CCNC=O)C(=O)N(C)[C@@H]2C(=O)N[C@@H](C)C(=O)N[C@H](C(=O)NCC#N)Cc3ccc(OCCN)c(c3)-c3cc2ccc3OCCN)c(C)n1)C(C)(C)C. The highest BCUT2D eigenvalue weighted by Gasteiger charge is 2.36. The largest absolute Gasteiger partial charge is 0.492 e. The quantitative estimate of drug-likeness (QED) is 0.0394. The molecule has 9 N–H and O–H groups in total. The molecule has 0 unspecified atom stereocenters. The van der Waals surface area contributed by atoms with Crippen LogP contribution in [0, 0.1) is 23.7 Å². The Balaban J connectivity index is 1.83. The summed E-state index contributed by atoms with van der Waals surface area (Å²) in [6, 6.07) is 6.68. The summed E-state index contributed by atoms with van der Waals surface area (Å²) in [4.78, 5) is 92.1. The second-order valence-electron chi connectivity index (χ2n) is 17.1. The molecule has 68 heavy (non-hydrogen) atoms. The van der Waals surface area contributed by atoms with Crippen LogP contribution < -0.4 is 47.5 Å². The van der Waals surface area contributed by atoms with Gasteiger partial charge in [0.15, 0.2) is 5.82 Å². The molecule has 19 nitrogen and oxygen atoms in total. The van der Waals surface area contributed by atoms with Gasteiger partial charge in [-0.25, -0.2) is 9.97 Å². The van der Waals surface area contributed by atoms with Crippen LogP contribution in [0.5, 0.6) is 11.5 Å². The number of nitrogens with zero attached hydrogens (tertiary/aromatic N) is 4. The lowest BCUT2D eigenvalue weighted by Crippen LogP contribution is -2.56. The van der Waals surface area contributed by atoms with E-state index < -0.39 is 53.7 Å². The summed E-state index contributed by atoms with van der Waals surface area (Å²) in [5.41, 5.74) is 15.5. The van der Waals surface area contributed by atoms with Crippen molar-refractivity contribution in [2.45, 2.75) is 78.6 Å². The number of nitrogens with one attached hydrogen (secondary N) is 5. The van der Waals surface area contributed by atoms with Crippen LogP contribution in [0.1, 0.15) is 80.1 Å². The minimum atomic E-state index is -1.46. The predicted molar refractivity (Wildman–Crippen MR) is 256 cm³/mol. The molecule has 6 amide bonds. The molecule has 0 saturated carbocycles. The Morgan fingerprint density at radius 1 is 1.03 bits per heavy atom. The third-order valence-corrected chi connectivity index (χ3v) is 11.0. The number of likely N-dealkylation sites (N-methyl/N-ethyl adjacent to an activating group) is 1. The van der Waals surface area contributed by atoms with Crippen LogP contribution in [0.4, 0.5) is 0 Å². The van der Waals surface area contributed by atoms with Gasteiger partial charge in [0.05, 0.1) is 17.3 Å². The third kappa shape index (κ3) is 14.0. The summed E-state index contributed by atoms with van der Waals surface area (Å²) in [5, 5.41) is 22.3. The highest BCUT2D eigenvalue weighted by Crippen LogP contribution is 2.40. The van der Waals surface area contributed by atoms with E-state index in [1.54, 1.807) is 49.4 Å². The molecule has 3 aromatic rings. The molecule has 2 aromatic carbocycles. The van der Waals surface area contributed by atoms with Gasteiger partial charge in [0.25, 0.3) is 5.91 Å². The van der Waals surface area contributed by atoms with E-state index in [2.05, 4.69) is 63.9 Å². The van der Waals surface area contributed by atoms with Crippen molar-refractivity contribution in [1.29, 1.82) is 5.26 Å². The number of hydrogen-bond donors (Lipinski definition) is 7. The van der Waals surface area contributed by atoms with E-state index >= 15 is 0 Å². The first-order chi connectivity index (χ1) is 32.4. The first kappa shape index (κ1) is 53.2. The van der Waals surface area contributed by atoms with E-state index in [4.69, 9.17) is 20.9 Å². The maximum Gasteiger partial charge on any atom is 0.255 e. The number of amides is 6. The summed E-state index contributed by atoms with van der Waals surface area (Å²) in [6.45, 7) is 15.3.